The number of benzene rings is 1. The highest BCUT2D eigenvalue weighted by Crippen LogP contribution is 2.14. The van der Waals surface area contributed by atoms with Gasteiger partial charge in [-0.3, -0.25) is 4.79 Å². The summed E-state index contributed by atoms with van der Waals surface area (Å²) in [6, 6.07) is 5.92. The van der Waals surface area contributed by atoms with E-state index in [9.17, 15) is 14.0 Å². The van der Waals surface area contributed by atoms with Crippen LogP contribution in [0, 0.1) is 5.82 Å². The van der Waals surface area contributed by atoms with Gasteiger partial charge in [-0.2, -0.15) is 0 Å². The van der Waals surface area contributed by atoms with Crippen LogP contribution in [0.3, 0.4) is 0 Å². The molecule has 6 heteroatoms. The lowest BCUT2D eigenvalue weighted by Crippen LogP contribution is -2.51. The zero-order chi connectivity index (χ0) is 16.3. The Morgan fingerprint density at radius 2 is 1.59 bits per heavy atom. The molecular formula is C16H21FN2O3. The summed E-state index contributed by atoms with van der Waals surface area (Å²) >= 11 is 0. The molecular weight excluding hydrogens is 287 g/mol. The van der Waals surface area contributed by atoms with E-state index in [2.05, 4.69) is 0 Å². The summed E-state index contributed by atoms with van der Waals surface area (Å²) in [6.07, 6.45) is -0.384. The van der Waals surface area contributed by atoms with E-state index >= 15 is 0 Å². The van der Waals surface area contributed by atoms with Crippen molar-refractivity contribution in [2.45, 2.75) is 26.4 Å². The summed E-state index contributed by atoms with van der Waals surface area (Å²) in [5, 5.41) is 0. The first kappa shape index (κ1) is 16.3. The highest BCUT2D eigenvalue weighted by molar-refractivity contribution is 5.94. The molecule has 1 aliphatic rings. The third-order valence-electron chi connectivity index (χ3n) is 3.32. The van der Waals surface area contributed by atoms with E-state index in [1.54, 1.807) is 21.9 Å². The van der Waals surface area contributed by atoms with Gasteiger partial charge in [0.15, 0.2) is 0 Å². The van der Waals surface area contributed by atoms with Crippen LogP contribution >= 0.6 is 0 Å². The summed E-state index contributed by atoms with van der Waals surface area (Å²) in [5.74, 6) is -0.871. The SMILES string of the molecule is CC(C)(C)OC(=O)N1CCN(C(=O)c2ccccc2F)CC1. The van der Waals surface area contributed by atoms with Crippen LogP contribution in [0.15, 0.2) is 24.3 Å². The smallest absolute Gasteiger partial charge is 0.410 e. The van der Waals surface area contributed by atoms with Gasteiger partial charge in [-0.15, -0.1) is 0 Å². The largest absolute Gasteiger partial charge is 0.444 e. The van der Waals surface area contributed by atoms with Gasteiger partial charge in [0.25, 0.3) is 5.91 Å². The number of amides is 2. The first-order chi connectivity index (χ1) is 10.3. The Bertz CT molecular complexity index is 561. The van der Waals surface area contributed by atoms with Crippen LogP contribution in [-0.2, 0) is 4.74 Å². The van der Waals surface area contributed by atoms with Crippen molar-refractivity contribution in [1.29, 1.82) is 0 Å². The Hall–Kier alpha value is -2.11. The molecule has 1 fully saturated rings. The summed E-state index contributed by atoms with van der Waals surface area (Å²) in [4.78, 5) is 27.4. The molecule has 1 heterocycles. The Kier molecular flexibility index (Phi) is 4.68. The summed E-state index contributed by atoms with van der Waals surface area (Å²) in [7, 11) is 0. The van der Waals surface area contributed by atoms with Gasteiger partial charge in [-0.05, 0) is 32.9 Å². The van der Waals surface area contributed by atoms with Crippen LogP contribution in [0.4, 0.5) is 9.18 Å². The molecule has 22 heavy (non-hydrogen) atoms. The quantitative estimate of drug-likeness (QED) is 0.801. The normalized spacial score (nSPS) is 15.6. The van der Waals surface area contributed by atoms with Crippen molar-refractivity contribution in [3.63, 3.8) is 0 Å². The van der Waals surface area contributed by atoms with Crippen LogP contribution in [-0.4, -0.2) is 53.6 Å². The van der Waals surface area contributed by atoms with Gasteiger partial charge in [-0.1, -0.05) is 12.1 Å². The second-order valence-electron chi connectivity index (χ2n) is 6.24. The van der Waals surface area contributed by atoms with Crippen LogP contribution in [0.2, 0.25) is 0 Å². The number of ether oxygens (including phenoxy) is 1. The fourth-order valence-corrected chi connectivity index (χ4v) is 2.22. The molecule has 1 aromatic rings. The van der Waals surface area contributed by atoms with E-state index in [1.165, 1.54) is 12.1 Å². The average molecular weight is 308 g/mol. The summed E-state index contributed by atoms with van der Waals surface area (Å²) < 4.78 is 19.0. The maximum Gasteiger partial charge on any atom is 0.410 e. The maximum atomic E-state index is 13.7. The molecule has 0 unspecified atom stereocenters. The fourth-order valence-electron chi connectivity index (χ4n) is 2.22. The molecule has 0 radical (unpaired) electrons. The van der Waals surface area contributed by atoms with Crippen molar-refractivity contribution in [3.8, 4) is 0 Å². The number of carbonyl (C=O) groups is 2. The van der Waals surface area contributed by atoms with Gasteiger partial charge in [0.05, 0.1) is 5.56 Å². The van der Waals surface area contributed by atoms with Crippen molar-refractivity contribution >= 4 is 12.0 Å². The van der Waals surface area contributed by atoms with E-state index in [0.717, 1.165) is 0 Å². The van der Waals surface area contributed by atoms with Gasteiger partial charge in [0.1, 0.15) is 11.4 Å². The number of rotatable bonds is 1. The lowest BCUT2D eigenvalue weighted by Gasteiger charge is -2.35. The molecule has 0 saturated carbocycles. The third kappa shape index (κ3) is 3.96. The third-order valence-corrected chi connectivity index (χ3v) is 3.32. The minimum atomic E-state index is -0.544. The fraction of sp³-hybridized carbons (Fsp3) is 0.500. The number of piperazine rings is 1. The number of carbonyl (C=O) groups excluding carboxylic acids is 2. The van der Waals surface area contributed by atoms with Gasteiger partial charge in [-0.25, -0.2) is 9.18 Å². The van der Waals surface area contributed by atoms with Crippen molar-refractivity contribution in [2.24, 2.45) is 0 Å². The van der Waals surface area contributed by atoms with E-state index < -0.39 is 11.4 Å². The zero-order valence-corrected chi connectivity index (χ0v) is 13.1. The molecule has 0 aliphatic carbocycles. The number of hydrogen-bond donors (Lipinski definition) is 0. The van der Waals surface area contributed by atoms with E-state index in [-0.39, 0.29) is 17.6 Å². The predicted molar refractivity (Wildman–Crippen MR) is 80.1 cm³/mol. The van der Waals surface area contributed by atoms with E-state index in [0.29, 0.717) is 26.2 Å². The molecule has 0 N–H and O–H groups in total. The second-order valence-corrected chi connectivity index (χ2v) is 6.24. The van der Waals surface area contributed by atoms with Crippen molar-refractivity contribution in [1.82, 2.24) is 9.80 Å². The Labute approximate surface area is 129 Å². The van der Waals surface area contributed by atoms with Crippen molar-refractivity contribution < 1.29 is 18.7 Å². The van der Waals surface area contributed by atoms with Crippen molar-refractivity contribution in [2.75, 3.05) is 26.2 Å². The van der Waals surface area contributed by atoms with E-state index in [4.69, 9.17) is 4.74 Å². The second kappa shape index (κ2) is 6.34. The Balaban J connectivity index is 1.94. The minimum absolute atomic E-state index is 0.0632. The average Bonchev–Trinajstić information content (AvgIpc) is 2.45. The summed E-state index contributed by atoms with van der Waals surface area (Å²) in [5.41, 5.74) is -0.481. The Morgan fingerprint density at radius 1 is 1.05 bits per heavy atom. The van der Waals surface area contributed by atoms with Crippen LogP contribution in [0.1, 0.15) is 31.1 Å². The van der Waals surface area contributed by atoms with E-state index in [1.807, 2.05) is 20.8 Å². The number of hydrogen-bond acceptors (Lipinski definition) is 3. The highest BCUT2D eigenvalue weighted by atomic mass is 19.1. The first-order valence-corrected chi connectivity index (χ1v) is 7.29. The number of halogens is 1. The van der Waals surface area contributed by atoms with Crippen LogP contribution < -0.4 is 0 Å². The molecule has 0 spiro atoms. The monoisotopic (exact) mass is 308 g/mol. The molecule has 2 amide bonds. The lowest BCUT2D eigenvalue weighted by molar-refractivity contribution is 0.0140. The summed E-state index contributed by atoms with van der Waals surface area (Å²) in [6.45, 7) is 6.93. The molecule has 0 aromatic heterocycles. The van der Waals surface area contributed by atoms with Crippen molar-refractivity contribution in [3.05, 3.63) is 35.6 Å². The maximum absolute atomic E-state index is 13.7. The van der Waals surface area contributed by atoms with Gasteiger partial charge >= 0.3 is 6.09 Å². The molecule has 5 nitrogen and oxygen atoms in total. The van der Waals surface area contributed by atoms with Gasteiger partial charge in [0, 0.05) is 26.2 Å². The van der Waals surface area contributed by atoms with Gasteiger partial charge in [0.2, 0.25) is 0 Å². The molecule has 2 rings (SSSR count). The Morgan fingerprint density at radius 3 is 2.14 bits per heavy atom. The zero-order valence-electron chi connectivity index (χ0n) is 13.1. The topological polar surface area (TPSA) is 49.9 Å². The molecule has 1 aliphatic heterocycles. The molecule has 1 aromatic carbocycles. The van der Waals surface area contributed by atoms with Crippen LogP contribution in [0.5, 0.6) is 0 Å². The van der Waals surface area contributed by atoms with Crippen LogP contribution in [0.25, 0.3) is 0 Å². The molecule has 0 bridgehead atoms. The molecule has 120 valence electrons. The highest BCUT2D eigenvalue weighted by Gasteiger charge is 2.28. The first-order valence-electron chi connectivity index (χ1n) is 7.29. The molecule has 0 atom stereocenters. The predicted octanol–water partition coefficient (Wildman–Crippen LogP) is 2.52. The van der Waals surface area contributed by atoms with Gasteiger partial charge < -0.3 is 14.5 Å². The lowest BCUT2D eigenvalue weighted by atomic mass is 10.1. The minimum Gasteiger partial charge on any atom is -0.444 e. The number of nitrogens with zero attached hydrogens (tertiary/aromatic N) is 2. The standard InChI is InChI=1S/C16H21FN2O3/c1-16(2,3)22-15(21)19-10-8-18(9-11-19)14(20)12-6-4-5-7-13(12)17/h4-7H,8-11H2,1-3H3. The molecule has 1 saturated heterocycles.